The molecule has 4 N–H and O–H groups in total. The van der Waals surface area contributed by atoms with Gasteiger partial charge in [-0.1, -0.05) is 42.5 Å². The van der Waals surface area contributed by atoms with Crippen LogP contribution in [0.4, 0.5) is 5.82 Å². The maximum atomic E-state index is 6.31. The first-order valence-corrected chi connectivity index (χ1v) is 13.8. The number of aromatic nitrogens is 4. The van der Waals surface area contributed by atoms with Gasteiger partial charge in [0.05, 0.1) is 11.3 Å². The van der Waals surface area contributed by atoms with Crippen LogP contribution in [0.25, 0.3) is 39.5 Å². The monoisotopic (exact) mass is 515 g/mol. The Morgan fingerprint density at radius 2 is 1.62 bits per heavy atom. The Morgan fingerprint density at radius 1 is 0.846 bits per heavy atom. The lowest BCUT2D eigenvalue weighted by atomic mass is 9.61. The van der Waals surface area contributed by atoms with E-state index < -0.39 is 0 Å². The molecule has 1 saturated heterocycles. The first-order chi connectivity index (χ1) is 19.1. The summed E-state index contributed by atoms with van der Waals surface area (Å²) in [6.07, 6.45) is 6.65. The van der Waals surface area contributed by atoms with Crippen molar-refractivity contribution >= 4 is 17.0 Å². The normalized spacial score (nSPS) is 17.5. The number of likely N-dealkylation sites (tertiary alicyclic amines) is 1. The van der Waals surface area contributed by atoms with Crippen LogP contribution in [0.3, 0.4) is 0 Å². The number of benzene rings is 2. The highest BCUT2D eigenvalue weighted by atomic mass is 15.1. The van der Waals surface area contributed by atoms with Crippen LogP contribution in [0, 0.1) is 5.41 Å². The van der Waals surface area contributed by atoms with Gasteiger partial charge in [-0.05, 0) is 86.1 Å². The molecule has 7 nitrogen and oxygen atoms in total. The van der Waals surface area contributed by atoms with Gasteiger partial charge >= 0.3 is 0 Å². The molecule has 3 aromatic heterocycles. The van der Waals surface area contributed by atoms with Crippen LogP contribution >= 0.6 is 0 Å². The minimum Gasteiger partial charge on any atom is -0.383 e. The molecule has 2 aromatic carbocycles. The molecule has 39 heavy (non-hydrogen) atoms. The Bertz CT molecular complexity index is 1610. The van der Waals surface area contributed by atoms with Gasteiger partial charge in [-0.25, -0.2) is 15.0 Å². The SMILES string of the molecule is Nc1ncccc1-c1nc2ccc(-c3ccccc3)nc2n1-c1ccc(CN2CCC3(CC2)CC(N)C3)cc1. The average Bonchev–Trinajstić information content (AvgIpc) is 3.33. The van der Waals surface area contributed by atoms with E-state index in [1.807, 2.05) is 42.5 Å². The molecule has 0 atom stereocenters. The van der Waals surface area contributed by atoms with Crippen molar-refractivity contribution < 1.29 is 0 Å². The summed E-state index contributed by atoms with van der Waals surface area (Å²) in [5.74, 6) is 1.19. The second kappa shape index (κ2) is 9.59. The number of nitrogens with two attached hydrogens (primary N) is 2. The van der Waals surface area contributed by atoms with E-state index in [1.165, 1.54) is 31.2 Å². The van der Waals surface area contributed by atoms with Crippen molar-refractivity contribution in [2.45, 2.75) is 38.3 Å². The topological polar surface area (TPSA) is 98.9 Å². The first kappa shape index (κ1) is 24.0. The van der Waals surface area contributed by atoms with Gasteiger partial charge in [0.15, 0.2) is 11.5 Å². The molecule has 1 aliphatic heterocycles. The van der Waals surface area contributed by atoms with Gasteiger partial charge < -0.3 is 11.5 Å². The summed E-state index contributed by atoms with van der Waals surface area (Å²) in [7, 11) is 0. The fourth-order valence-electron chi connectivity index (χ4n) is 6.41. The van der Waals surface area contributed by atoms with E-state index in [0.717, 1.165) is 59.1 Å². The van der Waals surface area contributed by atoms with Crippen LogP contribution in [0.5, 0.6) is 0 Å². The van der Waals surface area contributed by atoms with Gasteiger partial charge in [0, 0.05) is 30.0 Å². The van der Waals surface area contributed by atoms with Gasteiger partial charge in [-0.3, -0.25) is 9.47 Å². The maximum Gasteiger partial charge on any atom is 0.165 e. The van der Waals surface area contributed by atoms with Crippen molar-refractivity contribution in [1.82, 2.24) is 24.4 Å². The molecule has 0 unspecified atom stereocenters. The maximum absolute atomic E-state index is 6.31. The number of fused-ring (bicyclic) bond motifs is 1. The van der Waals surface area contributed by atoms with Crippen molar-refractivity contribution in [3.63, 3.8) is 0 Å². The van der Waals surface area contributed by atoms with E-state index >= 15 is 0 Å². The Hall–Kier alpha value is -4.07. The number of imidazole rings is 1. The molecular weight excluding hydrogens is 482 g/mol. The van der Waals surface area contributed by atoms with E-state index in [2.05, 4.69) is 50.8 Å². The number of nitrogen functional groups attached to an aromatic ring is 1. The van der Waals surface area contributed by atoms with E-state index in [1.54, 1.807) is 6.20 Å². The van der Waals surface area contributed by atoms with Gasteiger partial charge in [0.25, 0.3) is 0 Å². The number of hydrogen-bond acceptors (Lipinski definition) is 6. The summed E-state index contributed by atoms with van der Waals surface area (Å²) in [6, 6.07) is 27.3. The predicted octanol–water partition coefficient (Wildman–Crippen LogP) is 5.44. The lowest BCUT2D eigenvalue weighted by Crippen LogP contribution is -2.51. The lowest BCUT2D eigenvalue weighted by molar-refractivity contribution is 0.0154. The molecule has 7 heteroatoms. The molecule has 4 heterocycles. The Morgan fingerprint density at radius 3 is 2.33 bits per heavy atom. The van der Waals surface area contributed by atoms with Crippen molar-refractivity contribution in [3.8, 4) is 28.3 Å². The summed E-state index contributed by atoms with van der Waals surface area (Å²) < 4.78 is 2.10. The summed E-state index contributed by atoms with van der Waals surface area (Å²) in [6.45, 7) is 3.26. The minimum absolute atomic E-state index is 0.425. The molecular formula is C32H33N7. The molecule has 1 spiro atoms. The molecule has 2 aliphatic rings. The zero-order valence-corrected chi connectivity index (χ0v) is 22.0. The minimum atomic E-state index is 0.425. The third-order valence-electron chi connectivity index (χ3n) is 8.56. The largest absolute Gasteiger partial charge is 0.383 e. The van der Waals surface area contributed by atoms with E-state index in [0.29, 0.717) is 17.3 Å². The number of rotatable bonds is 5. The van der Waals surface area contributed by atoms with Gasteiger partial charge in [-0.15, -0.1) is 0 Å². The van der Waals surface area contributed by atoms with Crippen molar-refractivity contribution in [2.24, 2.45) is 11.1 Å². The molecule has 0 amide bonds. The van der Waals surface area contributed by atoms with Gasteiger partial charge in [0.1, 0.15) is 11.3 Å². The number of nitrogens with zero attached hydrogens (tertiary/aromatic N) is 5. The van der Waals surface area contributed by atoms with Crippen molar-refractivity contribution in [3.05, 3.63) is 90.6 Å². The van der Waals surface area contributed by atoms with Gasteiger partial charge in [-0.2, -0.15) is 0 Å². The van der Waals surface area contributed by atoms with Crippen molar-refractivity contribution in [1.29, 1.82) is 0 Å². The summed E-state index contributed by atoms with van der Waals surface area (Å²) in [5, 5.41) is 0. The third kappa shape index (κ3) is 4.47. The number of pyridine rings is 2. The van der Waals surface area contributed by atoms with Gasteiger partial charge in [0.2, 0.25) is 0 Å². The van der Waals surface area contributed by atoms with E-state index in [-0.39, 0.29) is 0 Å². The fraction of sp³-hybridized carbons (Fsp3) is 0.281. The first-order valence-electron chi connectivity index (χ1n) is 13.8. The van der Waals surface area contributed by atoms with Crippen LogP contribution in [-0.4, -0.2) is 43.6 Å². The second-order valence-corrected chi connectivity index (χ2v) is 11.2. The highest BCUT2D eigenvalue weighted by Crippen LogP contribution is 2.48. The summed E-state index contributed by atoms with van der Waals surface area (Å²) in [5.41, 5.74) is 19.6. The third-order valence-corrected chi connectivity index (χ3v) is 8.56. The zero-order valence-electron chi connectivity index (χ0n) is 22.0. The number of hydrogen-bond donors (Lipinski definition) is 2. The number of piperidine rings is 1. The quantitative estimate of drug-likeness (QED) is 0.324. The molecule has 1 saturated carbocycles. The van der Waals surface area contributed by atoms with Crippen LogP contribution in [0.15, 0.2) is 85.1 Å². The lowest BCUT2D eigenvalue weighted by Gasteiger charge is -2.51. The van der Waals surface area contributed by atoms with Crippen LogP contribution < -0.4 is 11.5 Å². The molecule has 0 radical (unpaired) electrons. The fourth-order valence-corrected chi connectivity index (χ4v) is 6.41. The van der Waals surface area contributed by atoms with E-state index in [9.17, 15) is 0 Å². The summed E-state index contributed by atoms with van der Waals surface area (Å²) >= 11 is 0. The standard InChI is InChI=1S/C32H33N7/c33-24-19-32(20-24)14-17-38(18-15-32)21-22-8-10-25(11-9-22)39-30(26-7-4-16-35-29(26)34)37-28-13-12-27(36-31(28)39)23-5-2-1-3-6-23/h1-13,16,24H,14-15,17-21,33H2,(H2,34,35). The molecule has 2 fully saturated rings. The second-order valence-electron chi connectivity index (χ2n) is 11.2. The van der Waals surface area contributed by atoms with Crippen LogP contribution in [0.2, 0.25) is 0 Å². The molecule has 196 valence electrons. The molecule has 5 aromatic rings. The van der Waals surface area contributed by atoms with Crippen molar-refractivity contribution in [2.75, 3.05) is 18.8 Å². The van der Waals surface area contributed by atoms with Crippen LogP contribution in [0.1, 0.15) is 31.2 Å². The van der Waals surface area contributed by atoms with E-state index in [4.69, 9.17) is 21.4 Å². The Labute approximate surface area is 228 Å². The molecule has 1 aliphatic carbocycles. The Kier molecular flexibility index (Phi) is 5.90. The highest BCUT2D eigenvalue weighted by molar-refractivity contribution is 5.84. The molecule has 7 rings (SSSR count). The Balaban J connectivity index is 1.23. The predicted molar refractivity (Wildman–Crippen MR) is 156 cm³/mol. The molecule has 0 bridgehead atoms. The van der Waals surface area contributed by atoms with Crippen LogP contribution in [-0.2, 0) is 6.54 Å². The smallest absolute Gasteiger partial charge is 0.165 e. The highest BCUT2D eigenvalue weighted by Gasteiger charge is 2.44. The number of anilines is 1. The summed E-state index contributed by atoms with van der Waals surface area (Å²) in [4.78, 5) is 16.9. The zero-order chi connectivity index (χ0) is 26.4. The average molecular weight is 516 g/mol.